The Bertz CT molecular complexity index is 2210. The third kappa shape index (κ3) is 17.7. The van der Waals surface area contributed by atoms with Crippen molar-refractivity contribution in [2.75, 3.05) is 38.6 Å². The first-order valence-corrected chi connectivity index (χ1v) is 22.2. The number of phenolic OH excluding ortho intramolecular Hbond substituents is 3. The Morgan fingerprint density at radius 3 is 1.68 bits per heavy atom. The van der Waals surface area contributed by atoms with E-state index in [4.69, 9.17) is 17.2 Å². The van der Waals surface area contributed by atoms with Crippen molar-refractivity contribution < 1.29 is 64.2 Å². The topological polar surface area (TPSA) is 403 Å². The van der Waals surface area contributed by atoms with Crippen LogP contribution >= 0.6 is 11.8 Å². The zero-order chi connectivity index (χ0) is 50.6. The molecule has 1 unspecified atom stereocenters. The number of aliphatic hydroxyl groups excluding tert-OH is 3. The first-order valence-electron chi connectivity index (χ1n) is 21.2. The predicted molar refractivity (Wildman–Crippen MR) is 249 cm³/mol. The van der Waals surface area contributed by atoms with Gasteiger partial charge in [0.2, 0.25) is 40.6 Å². The van der Waals surface area contributed by atoms with Crippen LogP contribution in [0.4, 0.5) is 0 Å². The third-order valence-corrected chi connectivity index (χ3v) is 11.1. The molecule has 0 radical (unpaired) electrons. The van der Waals surface area contributed by atoms with Crippen LogP contribution in [-0.4, -0.2) is 134 Å². The standard InChI is InChI=1S/C44H60N10O13S/c1-44(2,23-56)36(61)41(66)49-19-17-32(60)48-20-21-68-42(67)35(26-9-15-29(59)16-10-26)54-38(63)31(22-55)52-40(65)34(25-7-13-28(58)14-8-25)53-37(62)30(4-3-18-50-43(46)47)51-39(64)33(45)24-5-11-27(57)12-6-24/h5-16,30-31,33-36,55-59,61H,3-4,17-23,45H2,1-2H3,(H,48,60)(H,49,66)(H,51,64)(H,52,65)(H,53,62)(H,54,63)(H4,46,47,50)/t30-,31-,33-,34+,35?,36-/m0/s1. The molecule has 23 nitrogen and oxygen atoms in total. The van der Waals surface area contributed by atoms with E-state index in [0.29, 0.717) is 5.56 Å². The summed E-state index contributed by atoms with van der Waals surface area (Å²) in [5.41, 5.74) is 16.5. The van der Waals surface area contributed by atoms with E-state index in [0.717, 1.165) is 11.8 Å². The molecule has 370 valence electrons. The molecule has 3 aromatic carbocycles. The first-order chi connectivity index (χ1) is 32.2. The molecule has 0 aliphatic heterocycles. The van der Waals surface area contributed by atoms with Gasteiger partial charge in [0, 0.05) is 37.2 Å². The number of hydrogen-bond acceptors (Lipinski definition) is 16. The smallest absolute Gasteiger partial charge is 0.249 e. The predicted octanol–water partition coefficient (Wildman–Crippen LogP) is -2.20. The zero-order valence-corrected chi connectivity index (χ0v) is 38.2. The largest absolute Gasteiger partial charge is 0.508 e. The second-order valence-corrected chi connectivity index (χ2v) is 17.1. The highest BCUT2D eigenvalue weighted by molar-refractivity contribution is 8.13. The van der Waals surface area contributed by atoms with E-state index in [1.54, 1.807) is 0 Å². The van der Waals surface area contributed by atoms with Gasteiger partial charge in [0.25, 0.3) is 0 Å². The molecule has 6 amide bonds. The van der Waals surface area contributed by atoms with Crippen LogP contribution in [0.3, 0.4) is 0 Å². The van der Waals surface area contributed by atoms with Crippen LogP contribution in [0.15, 0.2) is 77.8 Å². The number of aliphatic hydroxyl groups is 3. The highest BCUT2D eigenvalue weighted by Gasteiger charge is 2.34. The number of hydrogen-bond donors (Lipinski definition) is 15. The van der Waals surface area contributed by atoms with Gasteiger partial charge in [-0.2, -0.15) is 0 Å². The molecule has 6 atom stereocenters. The van der Waals surface area contributed by atoms with Crippen LogP contribution in [0.25, 0.3) is 0 Å². The molecule has 0 aromatic heterocycles. The van der Waals surface area contributed by atoms with E-state index < -0.39 is 95.5 Å². The molecule has 0 fully saturated rings. The van der Waals surface area contributed by atoms with Crippen molar-refractivity contribution in [3.8, 4) is 17.2 Å². The fraction of sp³-hybridized carbons (Fsp3) is 0.409. The average molecular weight is 969 g/mol. The lowest BCUT2D eigenvalue weighted by atomic mass is 9.87. The summed E-state index contributed by atoms with van der Waals surface area (Å²) in [7, 11) is 0. The van der Waals surface area contributed by atoms with Gasteiger partial charge in [0.05, 0.1) is 13.2 Å². The molecule has 3 rings (SSSR count). The highest BCUT2D eigenvalue weighted by atomic mass is 32.2. The second-order valence-electron chi connectivity index (χ2n) is 16.0. The van der Waals surface area contributed by atoms with Crippen LogP contribution in [0.1, 0.15) is 67.9 Å². The lowest BCUT2D eigenvalue weighted by molar-refractivity contribution is -0.137. The monoisotopic (exact) mass is 968 g/mol. The van der Waals surface area contributed by atoms with Crippen LogP contribution in [-0.2, 0) is 33.6 Å². The summed E-state index contributed by atoms with van der Waals surface area (Å²) in [6, 6.07) is 8.44. The van der Waals surface area contributed by atoms with Gasteiger partial charge in [-0.1, -0.05) is 62.0 Å². The Kier molecular flexibility index (Phi) is 22.0. The van der Waals surface area contributed by atoms with E-state index in [1.807, 2.05) is 0 Å². The van der Waals surface area contributed by atoms with Gasteiger partial charge in [-0.15, -0.1) is 0 Å². The number of carbonyl (C=O) groups is 7. The minimum absolute atomic E-state index is 0.0114. The number of nitrogens with two attached hydrogens (primary N) is 3. The van der Waals surface area contributed by atoms with E-state index in [9.17, 15) is 64.2 Å². The highest BCUT2D eigenvalue weighted by Crippen LogP contribution is 2.24. The minimum atomic E-state index is -1.73. The molecule has 0 saturated heterocycles. The molecule has 0 bridgehead atoms. The van der Waals surface area contributed by atoms with E-state index in [1.165, 1.54) is 86.6 Å². The van der Waals surface area contributed by atoms with Crippen LogP contribution in [0.2, 0.25) is 0 Å². The molecule has 0 heterocycles. The van der Waals surface area contributed by atoms with Crippen molar-refractivity contribution in [3.63, 3.8) is 0 Å². The van der Waals surface area contributed by atoms with E-state index >= 15 is 0 Å². The number of aromatic hydroxyl groups is 3. The Morgan fingerprint density at radius 1 is 0.647 bits per heavy atom. The second kappa shape index (κ2) is 27.0. The van der Waals surface area contributed by atoms with Crippen LogP contribution in [0.5, 0.6) is 17.2 Å². The maximum absolute atomic E-state index is 14.0. The molecule has 0 aliphatic rings. The summed E-state index contributed by atoms with van der Waals surface area (Å²) >= 11 is 0.722. The molecular formula is C44H60N10O13S. The van der Waals surface area contributed by atoms with Crippen LogP contribution in [0, 0.1) is 5.41 Å². The van der Waals surface area contributed by atoms with Crippen molar-refractivity contribution in [2.45, 2.75) is 69.4 Å². The lowest BCUT2D eigenvalue weighted by Crippen LogP contribution is -2.55. The summed E-state index contributed by atoms with van der Waals surface area (Å²) in [5, 5.41) is 73.7. The minimum Gasteiger partial charge on any atom is -0.508 e. The Balaban J connectivity index is 1.75. The number of carbonyl (C=O) groups excluding carboxylic acids is 7. The first kappa shape index (κ1) is 55.3. The Labute approximate surface area is 395 Å². The number of nitrogens with zero attached hydrogens (tertiary/aromatic N) is 1. The molecule has 24 heteroatoms. The molecular weight excluding hydrogens is 909 g/mol. The fourth-order valence-corrected chi connectivity index (χ4v) is 6.83. The summed E-state index contributed by atoms with van der Waals surface area (Å²) in [5.74, 6) is -5.62. The van der Waals surface area contributed by atoms with Crippen molar-refractivity contribution in [2.24, 2.45) is 27.6 Å². The maximum Gasteiger partial charge on any atom is 0.249 e. The van der Waals surface area contributed by atoms with Crippen molar-refractivity contribution in [1.82, 2.24) is 31.9 Å². The van der Waals surface area contributed by atoms with Gasteiger partial charge >= 0.3 is 0 Å². The average Bonchev–Trinajstić information content (AvgIpc) is 3.31. The van der Waals surface area contributed by atoms with Gasteiger partial charge in [0.15, 0.2) is 5.96 Å². The quantitative estimate of drug-likeness (QED) is 0.0230. The summed E-state index contributed by atoms with van der Waals surface area (Å²) < 4.78 is 0. The van der Waals surface area contributed by atoms with Crippen molar-refractivity contribution >= 4 is 58.3 Å². The van der Waals surface area contributed by atoms with Crippen molar-refractivity contribution in [3.05, 3.63) is 89.5 Å². The number of aliphatic imine (C=N–C) groups is 1. The molecule has 18 N–H and O–H groups in total. The Morgan fingerprint density at radius 2 is 1.15 bits per heavy atom. The van der Waals surface area contributed by atoms with Crippen molar-refractivity contribution in [1.29, 1.82) is 0 Å². The lowest BCUT2D eigenvalue weighted by Gasteiger charge is -2.27. The summed E-state index contributed by atoms with van der Waals surface area (Å²) in [6.45, 7) is 1.46. The van der Waals surface area contributed by atoms with Gasteiger partial charge in [-0.05, 0) is 65.9 Å². The zero-order valence-electron chi connectivity index (χ0n) is 37.4. The van der Waals surface area contributed by atoms with Gasteiger partial charge < -0.3 is 79.7 Å². The molecule has 68 heavy (non-hydrogen) atoms. The summed E-state index contributed by atoms with van der Waals surface area (Å²) in [4.78, 5) is 97.2. The van der Waals surface area contributed by atoms with Gasteiger partial charge in [-0.3, -0.25) is 38.6 Å². The molecule has 0 aliphatic carbocycles. The number of guanidine groups is 1. The normalized spacial score (nSPS) is 13.8. The Hall–Kier alpha value is -6.99. The number of amides is 6. The molecule has 3 aromatic rings. The maximum atomic E-state index is 14.0. The van der Waals surface area contributed by atoms with Crippen LogP contribution < -0.4 is 49.1 Å². The van der Waals surface area contributed by atoms with E-state index in [-0.39, 0.29) is 79.0 Å². The molecule has 0 spiro atoms. The number of phenols is 3. The van der Waals surface area contributed by atoms with E-state index in [2.05, 4.69) is 36.9 Å². The van der Waals surface area contributed by atoms with Gasteiger partial charge in [-0.25, -0.2) is 0 Å². The number of benzene rings is 3. The third-order valence-electron chi connectivity index (χ3n) is 10.2. The van der Waals surface area contributed by atoms with Gasteiger partial charge in [0.1, 0.15) is 53.6 Å². The number of thioether (sulfide) groups is 1. The number of rotatable bonds is 26. The summed E-state index contributed by atoms with van der Waals surface area (Å²) in [6.07, 6.45) is -1.57. The SMILES string of the molecule is CC(C)(CO)[C@@H](O)C(=O)NCCC(=O)NCCSC(=O)C(NC(=O)[C@H](CO)NC(=O)[C@H](NC(=O)[C@H](CCCN=C(N)N)NC(=O)[C@@H](N)c1ccc(O)cc1)c1ccc(O)cc1)c1ccc(O)cc1. The fourth-order valence-electron chi connectivity index (χ4n) is 6.06. The molecule has 0 saturated carbocycles. The number of nitrogens with one attached hydrogen (secondary N) is 6.